The van der Waals surface area contributed by atoms with Crippen molar-refractivity contribution in [3.63, 3.8) is 0 Å². The maximum atomic E-state index is 5.62. The SMILES string of the molecule is NC1=NC2=NC=NC2C(Nc2ccccc2)=N1. The van der Waals surface area contributed by atoms with Gasteiger partial charge in [-0.05, 0) is 12.1 Å². The Balaban J connectivity index is 1.90. The number of guanidine groups is 1. The summed E-state index contributed by atoms with van der Waals surface area (Å²) in [6, 6.07) is 9.46. The van der Waals surface area contributed by atoms with Crippen LogP contribution in [0.15, 0.2) is 50.3 Å². The zero-order chi connectivity index (χ0) is 11.7. The number of nitrogens with one attached hydrogen (secondary N) is 1. The van der Waals surface area contributed by atoms with Gasteiger partial charge in [0.15, 0.2) is 11.9 Å². The molecule has 3 rings (SSSR count). The quantitative estimate of drug-likeness (QED) is 0.735. The number of nitrogens with zero attached hydrogens (tertiary/aromatic N) is 4. The van der Waals surface area contributed by atoms with Gasteiger partial charge in [-0.15, -0.1) is 0 Å². The number of para-hydroxylation sites is 1. The average Bonchev–Trinajstić information content (AvgIpc) is 2.78. The summed E-state index contributed by atoms with van der Waals surface area (Å²) in [4.78, 5) is 16.4. The molecule has 2 heterocycles. The minimum Gasteiger partial charge on any atom is -0.368 e. The molecular formula is C11H10N6. The number of benzene rings is 1. The first-order chi connectivity index (χ1) is 8.33. The van der Waals surface area contributed by atoms with Crippen molar-refractivity contribution in [1.82, 2.24) is 0 Å². The molecule has 17 heavy (non-hydrogen) atoms. The lowest BCUT2D eigenvalue weighted by atomic mass is 10.2. The normalized spacial score (nSPS) is 21.4. The first kappa shape index (κ1) is 9.71. The molecule has 0 spiro atoms. The summed E-state index contributed by atoms with van der Waals surface area (Å²) < 4.78 is 0. The summed E-state index contributed by atoms with van der Waals surface area (Å²) in [6.07, 6.45) is 1.48. The summed E-state index contributed by atoms with van der Waals surface area (Å²) in [5, 5.41) is 3.18. The highest BCUT2D eigenvalue weighted by Gasteiger charge is 2.28. The Kier molecular flexibility index (Phi) is 2.18. The van der Waals surface area contributed by atoms with Gasteiger partial charge in [0.2, 0.25) is 5.96 Å². The molecule has 2 aliphatic heterocycles. The Labute approximate surface area is 97.7 Å². The third kappa shape index (κ3) is 1.80. The Morgan fingerprint density at radius 3 is 2.76 bits per heavy atom. The van der Waals surface area contributed by atoms with Gasteiger partial charge in [-0.3, -0.25) is 4.99 Å². The monoisotopic (exact) mass is 226 g/mol. The second-order valence-corrected chi connectivity index (χ2v) is 3.61. The van der Waals surface area contributed by atoms with Crippen molar-refractivity contribution in [2.45, 2.75) is 6.04 Å². The second kappa shape index (κ2) is 3.82. The van der Waals surface area contributed by atoms with E-state index in [0.717, 1.165) is 5.69 Å². The van der Waals surface area contributed by atoms with E-state index in [1.807, 2.05) is 30.3 Å². The number of aliphatic imine (C=N–C) groups is 4. The number of fused-ring (bicyclic) bond motifs is 1. The van der Waals surface area contributed by atoms with Gasteiger partial charge < -0.3 is 11.1 Å². The zero-order valence-corrected chi connectivity index (χ0v) is 8.91. The summed E-state index contributed by atoms with van der Waals surface area (Å²) in [5.74, 6) is 1.43. The Morgan fingerprint density at radius 2 is 1.94 bits per heavy atom. The molecule has 1 aromatic rings. The smallest absolute Gasteiger partial charge is 0.223 e. The van der Waals surface area contributed by atoms with E-state index in [-0.39, 0.29) is 12.0 Å². The van der Waals surface area contributed by atoms with Gasteiger partial charge >= 0.3 is 0 Å². The molecule has 0 bridgehead atoms. The van der Waals surface area contributed by atoms with Crippen LogP contribution in [0.5, 0.6) is 0 Å². The van der Waals surface area contributed by atoms with Crippen LogP contribution in [0.25, 0.3) is 0 Å². The highest BCUT2D eigenvalue weighted by atomic mass is 15.2. The van der Waals surface area contributed by atoms with E-state index in [9.17, 15) is 0 Å². The maximum Gasteiger partial charge on any atom is 0.223 e. The Bertz CT molecular complexity index is 555. The van der Waals surface area contributed by atoms with Gasteiger partial charge in [-0.25, -0.2) is 4.99 Å². The fraction of sp³-hybridized carbons (Fsp3) is 0.0909. The molecular weight excluding hydrogens is 216 g/mol. The number of amidine groups is 2. The molecule has 84 valence electrons. The predicted octanol–water partition coefficient (Wildman–Crippen LogP) is 0.634. The molecule has 0 amide bonds. The minimum atomic E-state index is -0.262. The van der Waals surface area contributed by atoms with Crippen LogP contribution in [-0.4, -0.2) is 30.0 Å². The van der Waals surface area contributed by atoms with Gasteiger partial charge in [-0.1, -0.05) is 18.2 Å². The fourth-order valence-corrected chi connectivity index (χ4v) is 1.67. The lowest BCUT2D eigenvalue weighted by Gasteiger charge is -2.17. The van der Waals surface area contributed by atoms with Gasteiger partial charge in [-0.2, -0.15) is 9.98 Å². The minimum absolute atomic E-state index is 0.198. The van der Waals surface area contributed by atoms with E-state index < -0.39 is 0 Å². The Morgan fingerprint density at radius 1 is 1.12 bits per heavy atom. The van der Waals surface area contributed by atoms with Gasteiger partial charge in [0.25, 0.3) is 0 Å². The molecule has 0 aliphatic carbocycles. The number of nitrogens with two attached hydrogens (primary N) is 1. The van der Waals surface area contributed by atoms with Crippen LogP contribution >= 0.6 is 0 Å². The van der Waals surface area contributed by atoms with E-state index in [0.29, 0.717) is 11.7 Å². The first-order valence-corrected chi connectivity index (χ1v) is 5.17. The van der Waals surface area contributed by atoms with Crippen LogP contribution in [0.2, 0.25) is 0 Å². The standard InChI is InChI=1S/C11H10N6/c12-11-16-9-8(13-6-14-9)10(17-11)15-7-4-2-1-3-5-7/h1-6,8H,(H3,12,13,14,15,16,17). The average molecular weight is 226 g/mol. The molecule has 0 saturated heterocycles. The van der Waals surface area contributed by atoms with Gasteiger partial charge in [0.05, 0.1) is 0 Å². The molecule has 6 nitrogen and oxygen atoms in total. The summed E-state index contributed by atoms with van der Waals surface area (Å²) in [7, 11) is 0. The highest BCUT2D eigenvalue weighted by Crippen LogP contribution is 2.13. The molecule has 0 fully saturated rings. The van der Waals surface area contributed by atoms with E-state index in [1.165, 1.54) is 6.34 Å². The first-order valence-electron chi connectivity index (χ1n) is 5.17. The van der Waals surface area contributed by atoms with Crippen LogP contribution in [0.1, 0.15) is 0 Å². The third-order valence-electron chi connectivity index (χ3n) is 2.42. The third-order valence-corrected chi connectivity index (χ3v) is 2.42. The molecule has 3 N–H and O–H groups in total. The molecule has 0 saturated carbocycles. The van der Waals surface area contributed by atoms with Crippen molar-refractivity contribution in [1.29, 1.82) is 0 Å². The van der Waals surface area contributed by atoms with Crippen LogP contribution < -0.4 is 11.1 Å². The largest absolute Gasteiger partial charge is 0.368 e. The van der Waals surface area contributed by atoms with Crippen LogP contribution in [0, 0.1) is 0 Å². The van der Waals surface area contributed by atoms with Crippen molar-refractivity contribution in [3.8, 4) is 0 Å². The van der Waals surface area contributed by atoms with Gasteiger partial charge in [0.1, 0.15) is 12.2 Å². The summed E-state index contributed by atoms with van der Waals surface area (Å²) in [6.45, 7) is 0. The topological polar surface area (TPSA) is 87.5 Å². The maximum absolute atomic E-state index is 5.62. The van der Waals surface area contributed by atoms with E-state index in [2.05, 4.69) is 25.3 Å². The summed E-state index contributed by atoms with van der Waals surface area (Å²) in [5.41, 5.74) is 6.55. The predicted molar refractivity (Wildman–Crippen MR) is 68.8 cm³/mol. The van der Waals surface area contributed by atoms with Crippen LogP contribution in [-0.2, 0) is 0 Å². The second-order valence-electron chi connectivity index (χ2n) is 3.61. The van der Waals surface area contributed by atoms with E-state index in [4.69, 9.17) is 5.73 Å². The molecule has 2 aliphatic rings. The number of anilines is 1. The van der Waals surface area contributed by atoms with E-state index in [1.54, 1.807) is 0 Å². The number of rotatable bonds is 1. The van der Waals surface area contributed by atoms with Crippen molar-refractivity contribution >= 4 is 29.7 Å². The highest BCUT2D eigenvalue weighted by molar-refractivity contribution is 6.25. The lowest BCUT2D eigenvalue weighted by Crippen LogP contribution is -2.37. The molecule has 0 radical (unpaired) electrons. The van der Waals surface area contributed by atoms with Gasteiger partial charge in [0, 0.05) is 5.69 Å². The van der Waals surface area contributed by atoms with Crippen LogP contribution in [0.4, 0.5) is 5.69 Å². The molecule has 1 atom stereocenters. The fourth-order valence-electron chi connectivity index (χ4n) is 1.67. The van der Waals surface area contributed by atoms with E-state index >= 15 is 0 Å². The lowest BCUT2D eigenvalue weighted by molar-refractivity contribution is 1.12. The number of hydrogen-bond donors (Lipinski definition) is 2. The summed E-state index contributed by atoms with van der Waals surface area (Å²) >= 11 is 0. The molecule has 1 unspecified atom stereocenters. The molecule has 1 aromatic carbocycles. The van der Waals surface area contributed by atoms with Crippen molar-refractivity contribution in [2.75, 3.05) is 5.32 Å². The van der Waals surface area contributed by atoms with Crippen molar-refractivity contribution in [2.24, 2.45) is 25.7 Å². The molecule has 0 aromatic heterocycles. The zero-order valence-electron chi connectivity index (χ0n) is 8.91. The molecule has 6 heteroatoms. The number of hydrogen-bond acceptors (Lipinski definition) is 6. The van der Waals surface area contributed by atoms with Crippen molar-refractivity contribution < 1.29 is 0 Å². The Hall–Kier alpha value is -2.50. The van der Waals surface area contributed by atoms with Crippen LogP contribution in [0.3, 0.4) is 0 Å². The van der Waals surface area contributed by atoms with Crippen molar-refractivity contribution in [3.05, 3.63) is 30.3 Å².